The minimum Gasteiger partial charge on any atom is -0.385 e. The Hall–Kier alpha value is -1.44. The molecule has 0 fully saturated rings. The first-order valence-electron chi connectivity index (χ1n) is 6.45. The van der Waals surface area contributed by atoms with E-state index in [2.05, 4.69) is 20.7 Å². The number of nitrogens with two attached hydrogens (primary N) is 1. The van der Waals surface area contributed by atoms with Crippen LogP contribution in [0.3, 0.4) is 0 Å². The van der Waals surface area contributed by atoms with E-state index in [9.17, 15) is 0 Å². The van der Waals surface area contributed by atoms with E-state index in [1.54, 1.807) is 13.2 Å². The van der Waals surface area contributed by atoms with Crippen LogP contribution in [0.2, 0.25) is 0 Å². The number of nitrogens with zero attached hydrogens (tertiary/aromatic N) is 2. The summed E-state index contributed by atoms with van der Waals surface area (Å²) in [5, 5.41) is 3.24. The van der Waals surface area contributed by atoms with Gasteiger partial charge in [-0.25, -0.2) is 15.8 Å². The van der Waals surface area contributed by atoms with E-state index >= 15 is 0 Å². The Morgan fingerprint density at radius 3 is 2.74 bits per heavy atom. The first-order chi connectivity index (χ1) is 9.30. The zero-order valence-electron chi connectivity index (χ0n) is 11.6. The molecule has 0 aliphatic rings. The lowest BCUT2D eigenvalue weighted by molar-refractivity contribution is 0.128. The van der Waals surface area contributed by atoms with Gasteiger partial charge in [0.25, 0.3) is 0 Å². The highest BCUT2D eigenvalue weighted by Crippen LogP contribution is 2.11. The molecule has 1 rings (SSSR count). The molecule has 0 bridgehead atoms. The number of nitrogens with one attached hydrogen (secondary N) is 2. The first kappa shape index (κ1) is 15.6. The summed E-state index contributed by atoms with van der Waals surface area (Å²) in [5.41, 5.74) is 2.53. The molecule has 0 aliphatic heterocycles. The van der Waals surface area contributed by atoms with Crippen LogP contribution < -0.4 is 16.6 Å². The number of ether oxygens (including phenoxy) is 2. The van der Waals surface area contributed by atoms with Crippen molar-refractivity contribution in [3.63, 3.8) is 0 Å². The topological polar surface area (TPSA) is 94.3 Å². The van der Waals surface area contributed by atoms with Gasteiger partial charge in [0.1, 0.15) is 18.2 Å². The fraction of sp³-hybridized carbons (Fsp3) is 0.667. The molecule has 0 saturated carbocycles. The molecular formula is C12H23N5O2. The van der Waals surface area contributed by atoms with Crippen LogP contribution in [0.4, 0.5) is 11.6 Å². The molecule has 4 N–H and O–H groups in total. The maximum Gasteiger partial charge on any atom is 0.158 e. The van der Waals surface area contributed by atoms with E-state index in [4.69, 9.17) is 15.3 Å². The van der Waals surface area contributed by atoms with Crippen LogP contribution in [0.25, 0.3) is 0 Å². The standard InChI is InChI=1S/C12H23N5O2/c1-3-19-9-12-15-10(8-11(16-12)17-13)14-6-4-5-7-18-2/h8H,3-7,9,13H2,1-2H3,(H2,14,15,16,17). The Morgan fingerprint density at radius 2 is 2.05 bits per heavy atom. The Morgan fingerprint density at radius 1 is 1.26 bits per heavy atom. The molecule has 1 aromatic rings. The van der Waals surface area contributed by atoms with Gasteiger partial charge in [-0.1, -0.05) is 0 Å². The molecule has 0 aliphatic carbocycles. The lowest BCUT2D eigenvalue weighted by Crippen LogP contribution is -2.13. The molecule has 1 heterocycles. The second-order valence-electron chi connectivity index (χ2n) is 3.96. The summed E-state index contributed by atoms with van der Waals surface area (Å²) in [4.78, 5) is 8.58. The van der Waals surface area contributed by atoms with E-state index in [0.717, 1.165) is 31.8 Å². The predicted octanol–water partition coefficient (Wildman–Crippen LogP) is 1.14. The van der Waals surface area contributed by atoms with Crippen molar-refractivity contribution in [3.8, 4) is 0 Å². The fourth-order valence-electron chi connectivity index (χ4n) is 1.51. The van der Waals surface area contributed by atoms with E-state index in [0.29, 0.717) is 24.9 Å². The number of aromatic nitrogens is 2. The van der Waals surface area contributed by atoms with Gasteiger partial charge in [0.2, 0.25) is 0 Å². The van der Waals surface area contributed by atoms with Gasteiger partial charge in [0.05, 0.1) is 0 Å². The van der Waals surface area contributed by atoms with Crippen molar-refractivity contribution in [2.75, 3.05) is 37.6 Å². The third-order valence-corrected chi connectivity index (χ3v) is 2.44. The fourth-order valence-corrected chi connectivity index (χ4v) is 1.51. The minimum absolute atomic E-state index is 0.379. The van der Waals surface area contributed by atoms with Gasteiger partial charge in [0, 0.05) is 32.9 Å². The van der Waals surface area contributed by atoms with Crippen molar-refractivity contribution < 1.29 is 9.47 Å². The van der Waals surface area contributed by atoms with Crippen LogP contribution in [0.1, 0.15) is 25.6 Å². The SMILES string of the molecule is CCOCc1nc(NN)cc(NCCCCOC)n1. The Kier molecular flexibility index (Phi) is 7.80. The Balaban J connectivity index is 2.50. The van der Waals surface area contributed by atoms with Gasteiger partial charge in [-0.2, -0.15) is 0 Å². The molecule has 19 heavy (non-hydrogen) atoms. The van der Waals surface area contributed by atoms with Crippen molar-refractivity contribution in [2.24, 2.45) is 5.84 Å². The Bertz CT molecular complexity index is 362. The lowest BCUT2D eigenvalue weighted by atomic mass is 10.3. The largest absolute Gasteiger partial charge is 0.385 e. The minimum atomic E-state index is 0.379. The number of hydrogen-bond acceptors (Lipinski definition) is 7. The number of unbranched alkanes of at least 4 members (excludes halogenated alkanes) is 1. The summed E-state index contributed by atoms with van der Waals surface area (Å²) < 4.78 is 10.3. The number of hydrazine groups is 1. The second-order valence-corrected chi connectivity index (χ2v) is 3.96. The summed E-state index contributed by atoms with van der Waals surface area (Å²) in [5.74, 6) is 7.31. The first-order valence-corrected chi connectivity index (χ1v) is 6.45. The molecule has 7 heteroatoms. The molecule has 0 spiro atoms. The molecule has 0 radical (unpaired) electrons. The van der Waals surface area contributed by atoms with Crippen molar-refractivity contribution >= 4 is 11.6 Å². The number of hydrogen-bond donors (Lipinski definition) is 3. The maximum absolute atomic E-state index is 5.39. The lowest BCUT2D eigenvalue weighted by Gasteiger charge is -2.09. The number of methoxy groups -OCH3 is 1. The summed E-state index contributed by atoms with van der Waals surface area (Å²) >= 11 is 0. The van der Waals surface area contributed by atoms with Crippen molar-refractivity contribution in [1.82, 2.24) is 9.97 Å². The molecule has 0 atom stereocenters. The van der Waals surface area contributed by atoms with Crippen molar-refractivity contribution in [2.45, 2.75) is 26.4 Å². The van der Waals surface area contributed by atoms with Crippen LogP contribution in [-0.2, 0) is 16.1 Å². The van der Waals surface area contributed by atoms with Crippen molar-refractivity contribution in [3.05, 3.63) is 11.9 Å². The zero-order chi connectivity index (χ0) is 13.9. The van der Waals surface area contributed by atoms with Crippen LogP contribution in [0.5, 0.6) is 0 Å². The van der Waals surface area contributed by atoms with E-state index in [-0.39, 0.29) is 0 Å². The van der Waals surface area contributed by atoms with Gasteiger partial charge in [-0.3, -0.25) is 0 Å². The number of rotatable bonds is 10. The molecule has 0 amide bonds. The van der Waals surface area contributed by atoms with Crippen LogP contribution >= 0.6 is 0 Å². The molecule has 1 aromatic heterocycles. The van der Waals surface area contributed by atoms with Crippen LogP contribution in [0.15, 0.2) is 6.07 Å². The average molecular weight is 269 g/mol. The molecule has 0 aromatic carbocycles. The third-order valence-electron chi connectivity index (χ3n) is 2.44. The quantitative estimate of drug-likeness (QED) is 0.333. The molecule has 0 saturated heterocycles. The second kappa shape index (κ2) is 9.48. The monoisotopic (exact) mass is 269 g/mol. The van der Waals surface area contributed by atoms with E-state index in [1.165, 1.54) is 0 Å². The van der Waals surface area contributed by atoms with Crippen LogP contribution in [-0.4, -0.2) is 36.8 Å². The zero-order valence-corrected chi connectivity index (χ0v) is 11.6. The molecule has 0 unspecified atom stereocenters. The highest BCUT2D eigenvalue weighted by atomic mass is 16.5. The number of anilines is 2. The van der Waals surface area contributed by atoms with Crippen LogP contribution in [0, 0.1) is 0 Å². The van der Waals surface area contributed by atoms with Gasteiger partial charge in [-0.15, -0.1) is 0 Å². The third kappa shape index (κ3) is 6.32. The number of nitrogen functional groups attached to an aromatic ring is 1. The highest BCUT2D eigenvalue weighted by molar-refractivity contribution is 5.46. The van der Waals surface area contributed by atoms with Gasteiger partial charge in [0.15, 0.2) is 5.82 Å². The van der Waals surface area contributed by atoms with Gasteiger partial charge < -0.3 is 20.2 Å². The predicted molar refractivity (Wildman–Crippen MR) is 74.8 cm³/mol. The smallest absolute Gasteiger partial charge is 0.158 e. The summed E-state index contributed by atoms with van der Waals surface area (Å²) in [6, 6.07) is 1.77. The van der Waals surface area contributed by atoms with Crippen molar-refractivity contribution in [1.29, 1.82) is 0 Å². The summed E-state index contributed by atoms with van der Waals surface area (Å²) in [7, 11) is 1.71. The molecule has 108 valence electrons. The van der Waals surface area contributed by atoms with E-state index in [1.807, 2.05) is 6.92 Å². The average Bonchev–Trinajstić information content (AvgIpc) is 2.44. The van der Waals surface area contributed by atoms with E-state index < -0.39 is 0 Å². The van der Waals surface area contributed by atoms with Gasteiger partial charge >= 0.3 is 0 Å². The molecule has 7 nitrogen and oxygen atoms in total. The highest BCUT2D eigenvalue weighted by Gasteiger charge is 2.03. The molecular weight excluding hydrogens is 246 g/mol. The van der Waals surface area contributed by atoms with Gasteiger partial charge in [-0.05, 0) is 19.8 Å². The maximum atomic E-state index is 5.39. The Labute approximate surface area is 113 Å². The summed E-state index contributed by atoms with van der Waals surface area (Å²) in [6.07, 6.45) is 2.03. The normalized spacial score (nSPS) is 10.5. The summed E-state index contributed by atoms with van der Waals surface area (Å²) in [6.45, 7) is 4.54.